The van der Waals surface area contributed by atoms with E-state index in [1.165, 1.54) is 5.75 Å². The van der Waals surface area contributed by atoms with Crippen LogP contribution in [0.2, 0.25) is 0 Å². The van der Waals surface area contributed by atoms with Crippen LogP contribution in [-0.4, -0.2) is 24.6 Å². The zero-order valence-electron chi connectivity index (χ0n) is 9.09. The standard InChI is InChI=1S/C12H15ClFNS/c13-9-10-2-3-12(11(14)8-10)15-4-1-6-16-7-5-15/h2-3,8H,1,4-7,9H2. The Labute approximate surface area is 105 Å². The fraction of sp³-hybridized carbons (Fsp3) is 0.500. The molecule has 0 atom stereocenters. The van der Waals surface area contributed by atoms with Crippen molar-refractivity contribution in [1.29, 1.82) is 0 Å². The summed E-state index contributed by atoms with van der Waals surface area (Å²) >= 11 is 7.62. The van der Waals surface area contributed by atoms with Crippen molar-refractivity contribution in [2.75, 3.05) is 29.5 Å². The van der Waals surface area contributed by atoms with Crippen molar-refractivity contribution in [3.05, 3.63) is 29.6 Å². The van der Waals surface area contributed by atoms with Gasteiger partial charge in [-0.3, -0.25) is 0 Å². The maximum absolute atomic E-state index is 13.8. The third kappa shape index (κ3) is 2.83. The van der Waals surface area contributed by atoms with Gasteiger partial charge in [-0.25, -0.2) is 4.39 Å². The van der Waals surface area contributed by atoms with Gasteiger partial charge in [-0.05, 0) is 29.9 Å². The number of hydrogen-bond donors (Lipinski definition) is 0. The number of rotatable bonds is 2. The van der Waals surface area contributed by atoms with E-state index in [1.54, 1.807) is 6.07 Å². The summed E-state index contributed by atoms with van der Waals surface area (Å²) in [6, 6.07) is 5.30. The third-order valence-corrected chi connectivity index (χ3v) is 4.09. The summed E-state index contributed by atoms with van der Waals surface area (Å²) in [5.41, 5.74) is 1.56. The van der Waals surface area contributed by atoms with Crippen LogP contribution in [0, 0.1) is 5.82 Å². The predicted octanol–water partition coefficient (Wildman–Crippen LogP) is 3.51. The minimum absolute atomic E-state index is 0.148. The first-order valence-corrected chi connectivity index (χ1v) is 7.17. The highest BCUT2D eigenvalue weighted by atomic mass is 35.5. The lowest BCUT2D eigenvalue weighted by Gasteiger charge is -2.23. The maximum atomic E-state index is 13.8. The van der Waals surface area contributed by atoms with Crippen molar-refractivity contribution >= 4 is 29.1 Å². The Bertz CT molecular complexity index is 351. The number of anilines is 1. The van der Waals surface area contributed by atoms with E-state index in [-0.39, 0.29) is 5.82 Å². The van der Waals surface area contributed by atoms with E-state index >= 15 is 0 Å². The molecule has 1 fully saturated rings. The molecule has 0 radical (unpaired) electrons. The lowest BCUT2D eigenvalue weighted by atomic mass is 10.2. The maximum Gasteiger partial charge on any atom is 0.146 e. The summed E-state index contributed by atoms with van der Waals surface area (Å²) in [5.74, 6) is 2.48. The average molecular weight is 260 g/mol. The molecule has 0 saturated carbocycles. The van der Waals surface area contributed by atoms with Crippen LogP contribution in [-0.2, 0) is 5.88 Å². The first-order chi connectivity index (χ1) is 7.81. The van der Waals surface area contributed by atoms with E-state index in [2.05, 4.69) is 4.90 Å². The predicted molar refractivity (Wildman–Crippen MR) is 70.1 cm³/mol. The van der Waals surface area contributed by atoms with Crippen LogP contribution >= 0.6 is 23.4 Å². The molecule has 1 aromatic rings. The molecule has 0 unspecified atom stereocenters. The van der Waals surface area contributed by atoms with Gasteiger partial charge in [-0.15, -0.1) is 11.6 Å². The van der Waals surface area contributed by atoms with Gasteiger partial charge in [-0.2, -0.15) is 11.8 Å². The molecule has 0 aliphatic carbocycles. The first kappa shape index (κ1) is 12.1. The van der Waals surface area contributed by atoms with Crippen molar-refractivity contribution in [3.8, 4) is 0 Å². The van der Waals surface area contributed by atoms with E-state index in [0.717, 1.165) is 36.5 Å². The minimum Gasteiger partial charge on any atom is -0.368 e. The van der Waals surface area contributed by atoms with Gasteiger partial charge in [0.15, 0.2) is 0 Å². The van der Waals surface area contributed by atoms with Crippen LogP contribution in [0.25, 0.3) is 0 Å². The monoisotopic (exact) mass is 259 g/mol. The number of benzene rings is 1. The van der Waals surface area contributed by atoms with E-state index in [1.807, 2.05) is 23.9 Å². The number of thioether (sulfide) groups is 1. The highest BCUT2D eigenvalue weighted by molar-refractivity contribution is 7.99. The molecule has 0 bridgehead atoms. The van der Waals surface area contributed by atoms with Crippen LogP contribution in [0.1, 0.15) is 12.0 Å². The molecule has 0 amide bonds. The zero-order valence-corrected chi connectivity index (χ0v) is 10.7. The Hall–Kier alpha value is -0.410. The van der Waals surface area contributed by atoms with Crippen molar-refractivity contribution in [3.63, 3.8) is 0 Å². The molecule has 1 aliphatic rings. The van der Waals surface area contributed by atoms with E-state index < -0.39 is 0 Å². The smallest absolute Gasteiger partial charge is 0.146 e. The fourth-order valence-electron chi connectivity index (χ4n) is 1.88. The highest BCUT2D eigenvalue weighted by Gasteiger charge is 2.13. The molecule has 1 saturated heterocycles. The highest BCUT2D eigenvalue weighted by Crippen LogP contribution is 2.23. The van der Waals surface area contributed by atoms with Crippen molar-refractivity contribution in [1.82, 2.24) is 0 Å². The topological polar surface area (TPSA) is 3.24 Å². The normalized spacial score (nSPS) is 17.2. The molecule has 1 nitrogen and oxygen atoms in total. The Morgan fingerprint density at radius 1 is 1.31 bits per heavy atom. The summed E-state index contributed by atoms with van der Waals surface area (Å²) in [6.45, 7) is 1.88. The quantitative estimate of drug-likeness (QED) is 0.748. The Kier molecular flexibility index (Phi) is 4.36. The average Bonchev–Trinajstić information content (AvgIpc) is 2.57. The largest absolute Gasteiger partial charge is 0.368 e. The second-order valence-electron chi connectivity index (χ2n) is 3.87. The lowest BCUT2D eigenvalue weighted by molar-refractivity contribution is 0.617. The lowest BCUT2D eigenvalue weighted by Crippen LogP contribution is -2.26. The van der Waals surface area contributed by atoms with E-state index in [9.17, 15) is 4.39 Å². The fourth-order valence-corrected chi connectivity index (χ4v) is 2.93. The van der Waals surface area contributed by atoms with Crippen molar-refractivity contribution < 1.29 is 4.39 Å². The number of nitrogens with zero attached hydrogens (tertiary/aromatic N) is 1. The molecule has 2 rings (SSSR count). The zero-order chi connectivity index (χ0) is 11.4. The van der Waals surface area contributed by atoms with Crippen LogP contribution in [0.3, 0.4) is 0 Å². The summed E-state index contributed by atoms with van der Waals surface area (Å²) in [4.78, 5) is 2.13. The molecular formula is C12H15ClFNS. The Balaban J connectivity index is 2.18. The minimum atomic E-state index is -0.148. The van der Waals surface area contributed by atoms with Gasteiger partial charge < -0.3 is 4.90 Å². The molecule has 88 valence electrons. The molecule has 1 aromatic carbocycles. The van der Waals surface area contributed by atoms with Gasteiger partial charge in [0, 0.05) is 24.7 Å². The number of hydrogen-bond acceptors (Lipinski definition) is 2. The SMILES string of the molecule is Fc1cc(CCl)ccc1N1CCCSCC1. The molecule has 4 heteroatoms. The van der Waals surface area contributed by atoms with Crippen LogP contribution in [0.5, 0.6) is 0 Å². The molecule has 0 N–H and O–H groups in total. The summed E-state index contributed by atoms with van der Waals surface area (Å²) in [6.07, 6.45) is 1.13. The summed E-state index contributed by atoms with van der Waals surface area (Å²) in [7, 11) is 0. The summed E-state index contributed by atoms with van der Waals surface area (Å²) < 4.78 is 13.8. The van der Waals surface area contributed by atoms with Crippen LogP contribution in [0.4, 0.5) is 10.1 Å². The van der Waals surface area contributed by atoms with Crippen LogP contribution < -0.4 is 4.90 Å². The molecule has 1 aliphatic heterocycles. The van der Waals surface area contributed by atoms with Gasteiger partial charge in [0.1, 0.15) is 5.82 Å². The first-order valence-electron chi connectivity index (χ1n) is 5.48. The molecule has 1 heterocycles. The second kappa shape index (κ2) is 5.78. The van der Waals surface area contributed by atoms with Crippen LogP contribution in [0.15, 0.2) is 18.2 Å². The Morgan fingerprint density at radius 2 is 2.19 bits per heavy atom. The molecule has 0 aromatic heterocycles. The van der Waals surface area contributed by atoms with Gasteiger partial charge in [0.2, 0.25) is 0 Å². The molecular weight excluding hydrogens is 245 g/mol. The van der Waals surface area contributed by atoms with Crippen molar-refractivity contribution in [2.24, 2.45) is 0 Å². The van der Waals surface area contributed by atoms with Gasteiger partial charge in [-0.1, -0.05) is 6.07 Å². The molecule has 16 heavy (non-hydrogen) atoms. The third-order valence-electron chi connectivity index (χ3n) is 2.73. The second-order valence-corrected chi connectivity index (χ2v) is 5.36. The van der Waals surface area contributed by atoms with E-state index in [0.29, 0.717) is 5.88 Å². The number of alkyl halides is 1. The van der Waals surface area contributed by atoms with Gasteiger partial charge in [0.25, 0.3) is 0 Å². The van der Waals surface area contributed by atoms with Gasteiger partial charge in [0.05, 0.1) is 5.69 Å². The Morgan fingerprint density at radius 3 is 2.94 bits per heavy atom. The van der Waals surface area contributed by atoms with Crippen molar-refractivity contribution in [2.45, 2.75) is 12.3 Å². The van der Waals surface area contributed by atoms with E-state index in [4.69, 9.17) is 11.6 Å². The summed E-state index contributed by atoms with van der Waals surface area (Å²) in [5, 5.41) is 0. The van der Waals surface area contributed by atoms with Gasteiger partial charge >= 0.3 is 0 Å². The number of halogens is 2. The molecule has 0 spiro atoms.